The second-order valence-electron chi connectivity index (χ2n) is 4.36. The summed E-state index contributed by atoms with van der Waals surface area (Å²) in [5.74, 6) is -0.104. The lowest BCUT2D eigenvalue weighted by Gasteiger charge is -2.26. The van der Waals surface area contributed by atoms with Gasteiger partial charge in [0.15, 0.2) is 0 Å². The van der Waals surface area contributed by atoms with Crippen molar-refractivity contribution in [1.82, 2.24) is 0 Å². The van der Waals surface area contributed by atoms with Crippen LogP contribution in [0.25, 0.3) is 0 Å². The van der Waals surface area contributed by atoms with Gasteiger partial charge in [0.1, 0.15) is 6.04 Å². The largest absolute Gasteiger partial charge is 0.383 e. The van der Waals surface area contributed by atoms with Gasteiger partial charge in [-0.1, -0.05) is 12.1 Å². The molecule has 0 bridgehead atoms. The van der Waals surface area contributed by atoms with Crippen molar-refractivity contribution in [3.8, 4) is 0 Å². The molecule has 4 nitrogen and oxygen atoms in total. The summed E-state index contributed by atoms with van der Waals surface area (Å²) in [6, 6.07) is 5.32. The van der Waals surface area contributed by atoms with Gasteiger partial charge in [-0.15, -0.1) is 0 Å². The topological polar surface area (TPSA) is 55.6 Å². The smallest absolute Gasteiger partial charge is 0.246 e. The van der Waals surface area contributed by atoms with Gasteiger partial charge in [0.25, 0.3) is 0 Å². The molecule has 18 heavy (non-hydrogen) atoms. The van der Waals surface area contributed by atoms with Crippen molar-refractivity contribution in [2.75, 3.05) is 25.2 Å². The number of methoxy groups -OCH3 is 1. The van der Waals surface area contributed by atoms with E-state index < -0.39 is 6.04 Å². The van der Waals surface area contributed by atoms with Gasteiger partial charge >= 0.3 is 0 Å². The van der Waals surface area contributed by atoms with Crippen LogP contribution in [-0.2, 0) is 9.53 Å². The van der Waals surface area contributed by atoms with E-state index in [1.54, 1.807) is 12.0 Å². The summed E-state index contributed by atoms with van der Waals surface area (Å²) < 4.78 is 4.94. The molecule has 4 heteroatoms. The Morgan fingerprint density at radius 2 is 2.11 bits per heavy atom. The molecular formula is C14H22N2O2. The monoisotopic (exact) mass is 250 g/mol. The average Bonchev–Trinajstić information content (AvgIpc) is 2.35. The molecule has 0 fully saturated rings. The second-order valence-corrected chi connectivity index (χ2v) is 4.36. The fourth-order valence-corrected chi connectivity index (χ4v) is 1.92. The van der Waals surface area contributed by atoms with Crippen molar-refractivity contribution in [2.24, 2.45) is 5.73 Å². The van der Waals surface area contributed by atoms with Crippen molar-refractivity contribution in [1.29, 1.82) is 0 Å². The molecule has 0 radical (unpaired) electrons. The minimum absolute atomic E-state index is 0.104. The lowest BCUT2D eigenvalue weighted by molar-refractivity contribution is -0.120. The first-order valence-corrected chi connectivity index (χ1v) is 6.15. The van der Waals surface area contributed by atoms with E-state index in [9.17, 15) is 4.79 Å². The molecule has 100 valence electrons. The first-order chi connectivity index (χ1) is 8.52. The van der Waals surface area contributed by atoms with Crippen molar-refractivity contribution < 1.29 is 9.53 Å². The summed E-state index contributed by atoms with van der Waals surface area (Å²) in [5, 5.41) is 0. The molecule has 0 heterocycles. The maximum Gasteiger partial charge on any atom is 0.246 e. The Bertz CT molecular complexity index is 418. The Balaban J connectivity index is 3.02. The molecule has 0 aliphatic heterocycles. The number of carbonyl (C=O) groups is 1. The molecule has 1 unspecified atom stereocenters. The molecule has 1 aromatic rings. The molecule has 0 aliphatic carbocycles. The lowest BCUT2D eigenvalue weighted by atomic mass is 10.1. The van der Waals surface area contributed by atoms with Crippen LogP contribution in [0.2, 0.25) is 0 Å². The van der Waals surface area contributed by atoms with E-state index >= 15 is 0 Å². The number of ether oxygens (including phenoxy) is 1. The van der Waals surface area contributed by atoms with E-state index in [2.05, 4.69) is 0 Å². The molecular weight excluding hydrogens is 228 g/mol. The third-order valence-corrected chi connectivity index (χ3v) is 3.11. The highest BCUT2D eigenvalue weighted by molar-refractivity contribution is 5.97. The number of nitrogens with two attached hydrogens (primary N) is 1. The number of rotatable bonds is 5. The number of benzene rings is 1. The summed E-state index contributed by atoms with van der Waals surface area (Å²) >= 11 is 0. The van der Waals surface area contributed by atoms with E-state index in [1.807, 2.05) is 39.0 Å². The summed E-state index contributed by atoms with van der Waals surface area (Å²) in [6.07, 6.45) is 0. The normalized spacial score (nSPS) is 12.3. The fourth-order valence-electron chi connectivity index (χ4n) is 1.92. The lowest BCUT2D eigenvalue weighted by Crippen LogP contribution is -2.46. The van der Waals surface area contributed by atoms with E-state index in [0.29, 0.717) is 6.54 Å². The molecule has 1 amide bonds. The highest BCUT2D eigenvalue weighted by Gasteiger charge is 2.22. The Morgan fingerprint density at radius 1 is 1.44 bits per heavy atom. The molecule has 0 aromatic heterocycles. The maximum atomic E-state index is 12.2. The van der Waals surface area contributed by atoms with Gasteiger partial charge in [0.05, 0.1) is 6.61 Å². The van der Waals surface area contributed by atoms with Crippen LogP contribution in [0.4, 0.5) is 5.69 Å². The number of hydrogen-bond donors (Lipinski definition) is 1. The number of nitrogens with zero attached hydrogens (tertiary/aromatic N) is 1. The minimum atomic E-state index is -0.616. The number of carbonyl (C=O) groups excluding carboxylic acids is 1. The van der Waals surface area contributed by atoms with Gasteiger partial charge in [0, 0.05) is 19.3 Å². The zero-order valence-electron chi connectivity index (χ0n) is 11.6. The summed E-state index contributed by atoms with van der Waals surface area (Å²) in [4.78, 5) is 14.0. The van der Waals surface area contributed by atoms with E-state index in [4.69, 9.17) is 10.5 Å². The number of aryl methyl sites for hydroxylation is 1. The van der Waals surface area contributed by atoms with Crippen LogP contribution in [0.15, 0.2) is 18.2 Å². The van der Waals surface area contributed by atoms with Crippen molar-refractivity contribution in [2.45, 2.75) is 26.8 Å². The average molecular weight is 250 g/mol. The SMILES string of the molecule is CCN(C(=O)C(N)COC)c1cccc(C)c1C. The quantitative estimate of drug-likeness (QED) is 0.864. The zero-order chi connectivity index (χ0) is 13.7. The summed E-state index contributed by atoms with van der Waals surface area (Å²) in [6.45, 7) is 6.83. The van der Waals surface area contributed by atoms with Crippen LogP contribution in [0, 0.1) is 13.8 Å². The number of amides is 1. The van der Waals surface area contributed by atoms with Crippen LogP contribution in [0.1, 0.15) is 18.1 Å². The van der Waals surface area contributed by atoms with Gasteiger partial charge in [-0.25, -0.2) is 0 Å². The van der Waals surface area contributed by atoms with Gasteiger partial charge in [-0.05, 0) is 38.0 Å². The highest BCUT2D eigenvalue weighted by Crippen LogP contribution is 2.23. The molecule has 1 rings (SSSR count). The molecule has 0 saturated carbocycles. The van der Waals surface area contributed by atoms with Gasteiger partial charge in [-0.3, -0.25) is 4.79 Å². The second kappa shape index (κ2) is 6.52. The Morgan fingerprint density at radius 3 is 2.67 bits per heavy atom. The summed E-state index contributed by atoms with van der Waals surface area (Å²) in [5.41, 5.74) is 9.01. The highest BCUT2D eigenvalue weighted by atomic mass is 16.5. The fraction of sp³-hybridized carbons (Fsp3) is 0.500. The predicted octanol–water partition coefficient (Wildman–Crippen LogP) is 1.63. The summed E-state index contributed by atoms with van der Waals surface area (Å²) in [7, 11) is 1.54. The van der Waals surface area contributed by atoms with Crippen LogP contribution in [0.3, 0.4) is 0 Å². The Hall–Kier alpha value is -1.39. The predicted molar refractivity (Wildman–Crippen MR) is 73.8 cm³/mol. The van der Waals surface area contributed by atoms with Crippen LogP contribution in [-0.4, -0.2) is 32.2 Å². The van der Waals surface area contributed by atoms with Crippen LogP contribution < -0.4 is 10.6 Å². The number of anilines is 1. The standard InChI is InChI=1S/C14H22N2O2/c1-5-16(14(17)12(15)9-18-4)13-8-6-7-10(2)11(13)3/h6-8,12H,5,9,15H2,1-4H3. The molecule has 0 aliphatic rings. The Labute approximate surface area is 109 Å². The molecule has 1 aromatic carbocycles. The first kappa shape index (κ1) is 14.7. The molecule has 0 spiro atoms. The third-order valence-electron chi connectivity index (χ3n) is 3.11. The third kappa shape index (κ3) is 3.09. The van der Waals surface area contributed by atoms with Gasteiger partial charge in [-0.2, -0.15) is 0 Å². The van der Waals surface area contributed by atoms with Gasteiger partial charge in [0.2, 0.25) is 5.91 Å². The van der Waals surface area contributed by atoms with Crippen LogP contribution in [0.5, 0.6) is 0 Å². The molecule has 0 saturated heterocycles. The minimum Gasteiger partial charge on any atom is -0.383 e. The number of hydrogen-bond acceptors (Lipinski definition) is 3. The number of likely N-dealkylation sites (N-methyl/N-ethyl adjacent to an activating group) is 1. The Kier molecular flexibility index (Phi) is 5.31. The zero-order valence-corrected chi connectivity index (χ0v) is 11.6. The van der Waals surface area contributed by atoms with Gasteiger partial charge < -0.3 is 15.4 Å². The van der Waals surface area contributed by atoms with Crippen molar-refractivity contribution >= 4 is 11.6 Å². The van der Waals surface area contributed by atoms with E-state index in [1.165, 1.54) is 5.56 Å². The van der Waals surface area contributed by atoms with E-state index in [-0.39, 0.29) is 12.5 Å². The maximum absolute atomic E-state index is 12.2. The van der Waals surface area contributed by atoms with Crippen molar-refractivity contribution in [3.05, 3.63) is 29.3 Å². The van der Waals surface area contributed by atoms with Crippen molar-refractivity contribution in [3.63, 3.8) is 0 Å². The van der Waals surface area contributed by atoms with Crippen LogP contribution >= 0.6 is 0 Å². The van der Waals surface area contributed by atoms with E-state index in [0.717, 1.165) is 11.3 Å². The molecule has 1 atom stereocenters. The first-order valence-electron chi connectivity index (χ1n) is 6.15. The molecule has 2 N–H and O–H groups in total.